The Morgan fingerprint density at radius 2 is 1.64 bits per heavy atom. The number of amides is 4. The fourth-order valence-corrected chi connectivity index (χ4v) is 2.36. The standard InChI is InChI=1S/C18H14N2O5/c1-25-14-8-4-12(5-9-14)20-17(23)15(16(22)19-18(20)24)10-11-2-6-13(21)7-3-11/h2-10,21H,1H3,(H,19,22,24)/b15-10+. The number of phenols is 1. The van der Waals surface area contributed by atoms with Gasteiger partial charge in [0.1, 0.15) is 17.1 Å². The number of nitrogens with zero attached hydrogens (tertiary/aromatic N) is 1. The third-order valence-corrected chi connectivity index (χ3v) is 3.64. The molecule has 0 aliphatic carbocycles. The minimum atomic E-state index is -0.817. The summed E-state index contributed by atoms with van der Waals surface area (Å²) < 4.78 is 5.05. The highest BCUT2D eigenvalue weighted by Crippen LogP contribution is 2.24. The topological polar surface area (TPSA) is 95.9 Å². The summed E-state index contributed by atoms with van der Waals surface area (Å²) in [6, 6.07) is 11.5. The Hall–Kier alpha value is -3.61. The molecule has 7 heteroatoms. The first-order valence-corrected chi connectivity index (χ1v) is 7.34. The maximum absolute atomic E-state index is 12.7. The van der Waals surface area contributed by atoms with Crippen LogP contribution in [0.4, 0.5) is 10.5 Å². The van der Waals surface area contributed by atoms with Gasteiger partial charge in [0.15, 0.2) is 0 Å². The normalized spacial score (nSPS) is 16.1. The minimum Gasteiger partial charge on any atom is -0.508 e. The van der Waals surface area contributed by atoms with Crippen LogP contribution in [-0.2, 0) is 9.59 Å². The molecule has 1 aliphatic heterocycles. The number of barbiturate groups is 1. The number of carbonyl (C=O) groups is 3. The number of phenolic OH excluding ortho intramolecular Hbond substituents is 1. The molecule has 0 unspecified atom stereocenters. The van der Waals surface area contributed by atoms with Crippen LogP contribution in [0.25, 0.3) is 6.08 Å². The van der Waals surface area contributed by atoms with Gasteiger partial charge in [0, 0.05) is 0 Å². The summed E-state index contributed by atoms with van der Waals surface area (Å²) in [6.45, 7) is 0. The molecule has 0 spiro atoms. The molecule has 1 fully saturated rings. The average Bonchev–Trinajstić information content (AvgIpc) is 2.60. The van der Waals surface area contributed by atoms with Gasteiger partial charge in [-0.3, -0.25) is 14.9 Å². The highest BCUT2D eigenvalue weighted by Gasteiger charge is 2.36. The highest BCUT2D eigenvalue weighted by molar-refractivity contribution is 6.39. The lowest BCUT2D eigenvalue weighted by atomic mass is 10.1. The van der Waals surface area contributed by atoms with E-state index < -0.39 is 17.8 Å². The predicted molar refractivity (Wildman–Crippen MR) is 90.1 cm³/mol. The van der Waals surface area contributed by atoms with Crippen molar-refractivity contribution in [1.82, 2.24) is 5.32 Å². The molecule has 1 aliphatic rings. The number of rotatable bonds is 3. The molecular weight excluding hydrogens is 324 g/mol. The van der Waals surface area contributed by atoms with Gasteiger partial charge in [0.2, 0.25) is 0 Å². The molecule has 0 aromatic heterocycles. The molecule has 4 amide bonds. The lowest BCUT2D eigenvalue weighted by molar-refractivity contribution is -0.122. The molecule has 0 bridgehead atoms. The van der Waals surface area contributed by atoms with Crippen molar-refractivity contribution in [3.05, 3.63) is 59.7 Å². The Balaban J connectivity index is 1.97. The first kappa shape index (κ1) is 16.3. The van der Waals surface area contributed by atoms with Crippen LogP contribution in [0.1, 0.15) is 5.56 Å². The number of imide groups is 2. The van der Waals surface area contributed by atoms with E-state index in [2.05, 4.69) is 5.32 Å². The number of ether oxygens (including phenoxy) is 1. The van der Waals surface area contributed by atoms with Crippen molar-refractivity contribution in [2.45, 2.75) is 0 Å². The summed E-state index contributed by atoms with van der Waals surface area (Å²) in [5, 5.41) is 11.5. The van der Waals surface area contributed by atoms with E-state index in [4.69, 9.17) is 4.74 Å². The molecule has 2 aromatic carbocycles. The van der Waals surface area contributed by atoms with Crippen molar-refractivity contribution < 1.29 is 24.2 Å². The molecule has 3 rings (SSSR count). The lowest BCUT2D eigenvalue weighted by Gasteiger charge is -2.26. The molecule has 0 radical (unpaired) electrons. The van der Waals surface area contributed by atoms with E-state index in [0.717, 1.165) is 4.90 Å². The maximum Gasteiger partial charge on any atom is 0.335 e. The van der Waals surface area contributed by atoms with Gasteiger partial charge >= 0.3 is 6.03 Å². The van der Waals surface area contributed by atoms with E-state index in [1.165, 1.54) is 25.3 Å². The van der Waals surface area contributed by atoms with Gasteiger partial charge in [-0.1, -0.05) is 12.1 Å². The van der Waals surface area contributed by atoms with Crippen LogP contribution in [0, 0.1) is 0 Å². The molecular formula is C18H14N2O5. The van der Waals surface area contributed by atoms with Crippen LogP contribution in [0.5, 0.6) is 11.5 Å². The van der Waals surface area contributed by atoms with Crippen molar-refractivity contribution in [3.8, 4) is 11.5 Å². The second-order valence-corrected chi connectivity index (χ2v) is 5.25. The van der Waals surface area contributed by atoms with E-state index in [1.54, 1.807) is 36.4 Å². The number of anilines is 1. The largest absolute Gasteiger partial charge is 0.508 e. The molecule has 7 nitrogen and oxygen atoms in total. The zero-order valence-corrected chi connectivity index (χ0v) is 13.2. The number of methoxy groups -OCH3 is 1. The molecule has 1 saturated heterocycles. The molecule has 0 atom stereocenters. The number of hydrogen-bond acceptors (Lipinski definition) is 5. The first-order valence-electron chi connectivity index (χ1n) is 7.34. The molecule has 2 N–H and O–H groups in total. The number of hydrogen-bond donors (Lipinski definition) is 2. The van der Waals surface area contributed by atoms with Crippen LogP contribution in [-0.4, -0.2) is 30.1 Å². The quantitative estimate of drug-likeness (QED) is 0.660. The third-order valence-electron chi connectivity index (χ3n) is 3.64. The van der Waals surface area contributed by atoms with Gasteiger partial charge in [-0.25, -0.2) is 9.69 Å². The molecule has 126 valence electrons. The molecule has 1 heterocycles. The first-order chi connectivity index (χ1) is 12.0. The molecule has 25 heavy (non-hydrogen) atoms. The minimum absolute atomic E-state index is 0.0663. The summed E-state index contributed by atoms with van der Waals surface area (Å²) in [7, 11) is 1.50. The summed E-state index contributed by atoms with van der Waals surface area (Å²) >= 11 is 0. The number of urea groups is 1. The summed E-state index contributed by atoms with van der Waals surface area (Å²) in [6.07, 6.45) is 1.36. The van der Waals surface area contributed by atoms with Crippen LogP contribution in [0.2, 0.25) is 0 Å². The maximum atomic E-state index is 12.7. The van der Waals surface area contributed by atoms with Crippen molar-refractivity contribution in [3.63, 3.8) is 0 Å². The van der Waals surface area contributed by atoms with Gasteiger partial charge in [-0.15, -0.1) is 0 Å². The lowest BCUT2D eigenvalue weighted by Crippen LogP contribution is -2.54. The monoisotopic (exact) mass is 338 g/mol. The zero-order chi connectivity index (χ0) is 18.0. The van der Waals surface area contributed by atoms with Crippen LogP contribution in [0.3, 0.4) is 0 Å². The SMILES string of the molecule is COc1ccc(N2C(=O)NC(=O)/C(=C\c3ccc(O)cc3)C2=O)cc1. The zero-order valence-electron chi connectivity index (χ0n) is 13.2. The van der Waals surface area contributed by atoms with Gasteiger partial charge in [0.25, 0.3) is 11.8 Å². The Labute approximate surface area is 143 Å². The summed E-state index contributed by atoms with van der Waals surface area (Å²) in [5.41, 5.74) is 0.675. The number of carbonyl (C=O) groups excluding carboxylic acids is 3. The molecule has 0 saturated carbocycles. The summed E-state index contributed by atoms with van der Waals surface area (Å²) in [5.74, 6) is -0.860. The van der Waals surface area contributed by atoms with Gasteiger partial charge in [-0.05, 0) is 48.0 Å². The predicted octanol–water partition coefficient (Wildman–Crippen LogP) is 2.07. The smallest absolute Gasteiger partial charge is 0.335 e. The van der Waals surface area contributed by atoms with Crippen LogP contribution in [0.15, 0.2) is 54.1 Å². The van der Waals surface area contributed by atoms with Crippen molar-refractivity contribution in [2.75, 3.05) is 12.0 Å². The second-order valence-electron chi connectivity index (χ2n) is 5.25. The third kappa shape index (κ3) is 3.20. The van der Waals surface area contributed by atoms with Gasteiger partial charge < -0.3 is 9.84 Å². The van der Waals surface area contributed by atoms with Crippen molar-refractivity contribution in [2.24, 2.45) is 0 Å². The van der Waals surface area contributed by atoms with E-state index in [9.17, 15) is 19.5 Å². The van der Waals surface area contributed by atoms with Crippen LogP contribution >= 0.6 is 0 Å². The number of aromatic hydroxyl groups is 1. The Kier molecular flexibility index (Phi) is 4.21. The number of benzene rings is 2. The van der Waals surface area contributed by atoms with E-state index in [1.807, 2.05) is 0 Å². The van der Waals surface area contributed by atoms with Crippen molar-refractivity contribution >= 4 is 29.6 Å². The fourth-order valence-electron chi connectivity index (χ4n) is 2.36. The van der Waals surface area contributed by atoms with Gasteiger partial charge in [0.05, 0.1) is 12.8 Å². The Morgan fingerprint density at radius 1 is 1.00 bits per heavy atom. The van der Waals surface area contributed by atoms with Crippen molar-refractivity contribution in [1.29, 1.82) is 0 Å². The second kappa shape index (κ2) is 6.48. The fraction of sp³-hybridized carbons (Fsp3) is 0.0556. The average molecular weight is 338 g/mol. The van der Waals surface area contributed by atoms with E-state index in [0.29, 0.717) is 17.0 Å². The Bertz CT molecular complexity index is 869. The van der Waals surface area contributed by atoms with E-state index >= 15 is 0 Å². The highest BCUT2D eigenvalue weighted by atomic mass is 16.5. The summed E-state index contributed by atoms with van der Waals surface area (Å²) in [4.78, 5) is 37.7. The van der Waals surface area contributed by atoms with Gasteiger partial charge in [-0.2, -0.15) is 0 Å². The van der Waals surface area contributed by atoms with E-state index in [-0.39, 0.29) is 11.3 Å². The number of nitrogens with one attached hydrogen (secondary N) is 1. The Morgan fingerprint density at radius 3 is 2.24 bits per heavy atom. The van der Waals surface area contributed by atoms with Crippen LogP contribution < -0.4 is 15.0 Å². The molecule has 2 aromatic rings.